The van der Waals surface area contributed by atoms with E-state index in [1.165, 1.54) is 0 Å². The van der Waals surface area contributed by atoms with E-state index in [-0.39, 0.29) is 11.5 Å². The quantitative estimate of drug-likeness (QED) is 0.283. The van der Waals surface area contributed by atoms with E-state index < -0.39 is 37.3 Å². The lowest BCUT2D eigenvalue weighted by molar-refractivity contribution is -0.0774. The van der Waals surface area contributed by atoms with Crippen LogP contribution in [0.2, 0.25) is 0 Å². The third-order valence-electron chi connectivity index (χ3n) is 5.31. The molecular weight excluding hydrogens is 498 g/mol. The fourth-order valence-corrected chi connectivity index (χ4v) is 4.18. The number of aromatic nitrogens is 2. The van der Waals surface area contributed by atoms with Crippen molar-refractivity contribution in [2.24, 2.45) is 0 Å². The van der Waals surface area contributed by atoms with Crippen LogP contribution >= 0.6 is 15.9 Å². The van der Waals surface area contributed by atoms with Crippen molar-refractivity contribution < 1.29 is 29.9 Å². The van der Waals surface area contributed by atoms with Crippen molar-refractivity contribution in [2.75, 3.05) is 18.5 Å². The molecule has 10 nitrogen and oxygen atoms in total. The number of benzene rings is 1. The number of nitrogens with one attached hydrogen (secondary N) is 2. The van der Waals surface area contributed by atoms with Crippen LogP contribution in [-0.2, 0) is 4.74 Å². The zero-order valence-corrected chi connectivity index (χ0v) is 20.2. The molecule has 1 aromatic carbocycles. The van der Waals surface area contributed by atoms with E-state index in [4.69, 9.17) is 14.6 Å². The number of rotatable bonds is 9. The van der Waals surface area contributed by atoms with Crippen LogP contribution in [0.15, 0.2) is 27.5 Å². The van der Waals surface area contributed by atoms with Crippen molar-refractivity contribution in [1.29, 1.82) is 0 Å². The van der Waals surface area contributed by atoms with Crippen LogP contribution in [0, 0.1) is 0 Å². The van der Waals surface area contributed by atoms with Crippen molar-refractivity contribution in [2.45, 2.75) is 63.8 Å². The van der Waals surface area contributed by atoms with Crippen molar-refractivity contribution >= 4 is 21.6 Å². The number of H-pyrrole nitrogens is 1. The third-order valence-corrected chi connectivity index (χ3v) is 6.07. The number of aliphatic hydroxyl groups excluding tert-OH is 4. The summed E-state index contributed by atoms with van der Waals surface area (Å²) in [5.74, 6) is 0.840. The number of hydrogen-bond donors (Lipinski definition) is 6. The van der Waals surface area contributed by atoms with Crippen molar-refractivity contribution in [3.05, 3.63) is 38.7 Å². The average Bonchev–Trinajstić information content (AvgIpc) is 3.07. The average molecular weight is 528 g/mol. The van der Waals surface area contributed by atoms with Crippen LogP contribution in [0.1, 0.15) is 38.8 Å². The summed E-state index contributed by atoms with van der Waals surface area (Å²) in [7, 11) is 0. The molecule has 1 saturated heterocycles. The number of halogens is 1. The second-order valence-electron chi connectivity index (χ2n) is 8.22. The molecule has 0 spiro atoms. The van der Waals surface area contributed by atoms with Gasteiger partial charge in [0.2, 0.25) is 0 Å². The number of aliphatic hydroxyl groups is 4. The van der Waals surface area contributed by atoms with Crippen molar-refractivity contribution in [1.82, 2.24) is 9.97 Å². The van der Waals surface area contributed by atoms with Gasteiger partial charge in [-0.05, 0) is 46.5 Å². The Bertz CT molecular complexity index is 1020. The Kier molecular flexibility index (Phi) is 8.48. The Morgan fingerprint density at radius 3 is 2.67 bits per heavy atom. The Labute approximate surface area is 199 Å². The summed E-state index contributed by atoms with van der Waals surface area (Å²) >= 11 is 3.30. The van der Waals surface area contributed by atoms with Crippen LogP contribution in [-0.4, -0.2) is 74.3 Å². The standard InChI is InChI=1S/C22H30BrN3O7/c1-4-7-32-14-6-5-11(24-22-18(30)17(29)19(33-22)13(28)9-27)8-12(14)20-25-16(10(2)3)15(23)21(31)26-20/h5-6,8,10,13,17-19,22,24,27-30H,4,7,9H2,1-3H3,(H,25,26,31). The lowest BCUT2D eigenvalue weighted by Gasteiger charge is -2.20. The van der Waals surface area contributed by atoms with Crippen LogP contribution in [0.3, 0.4) is 0 Å². The van der Waals surface area contributed by atoms with Gasteiger partial charge in [-0.2, -0.15) is 0 Å². The molecule has 3 rings (SSSR count). The molecule has 0 bridgehead atoms. The number of anilines is 1. The van der Waals surface area contributed by atoms with Gasteiger partial charge in [0.1, 0.15) is 40.5 Å². The van der Waals surface area contributed by atoms with Gasteiger partial charge in [0.05, 0.1) is 24.5 Å². The number of ether oxygens (including phenoxy) is 2. The first-order chi connectivity index (χ1) is 15.7. The maximum absolute atomic E-state index is 12.5. The third kappa shape index (κ3) is 5.56. The normalized spacial score (nSPS) is 23.7. The van der Waals surface area contributed by atoms with Gasteiger partial charge in [0.15, 0.2) is 6.23 Å². The Morgan fingerprint density at radius 2 is 2.03 bits per heavy atom. The molecule has 182 valence electrons. The summed E-state index contributed by atoms with van der Waals surface area (Å²) in [5, 5.41) is 42.4. The first-order valence-electron chi connectivity index (χ1n) is 10.8. The molecular formula is C22H30BrN3O7. The maximum atomic E-state index is 12.5. The number of nitrogens with zero attached hydrogens (tertiary/aromatic N) is 1. The van der Waals surface area contributed by atoms with E-state index in [9.17, 15) is 20.1 Å². The predicted molar refractivity (Wildman–Crippen MR) is 125 cm³/mol. The second-order valence-corrected chi connectivity index (χ2v) is 9.02. The van der Waals surface area contributed by atoms with Gasteiger partial charge < -0.3 is 40.2 Å². The highest BCUT2D eigenvalue weighted by atomic mass is 79.9. The van der Waals surface area contributed by atoms with Crippen LogP contribution in [0.4, 0.5) is 5.69 Å². The molecule has 2 aromatic rings. The number of hydrogen-bond acceptors (Lipinski definition) is 9. The van der Waals surface area contributed by atoms with Gasteiger partial charge in [0.25, 0.3) is 5.56 Å². The van der Waals surface area contributed by atoms with Crippen molar-refractivity contribution in [3.63, 3.8) is 0 Å². The molecule has 33 heavy (non-hydrogen) atoms. The summed E-state index contributed by atoms with van der Waals surface area (Å²) in [5.41, 5.74) is 1.31. The first-order valence-corrected chi connectivity index (χ1v) is 11.6. The van der Waals surface area contributed by atoms with Gasteiger partial charge in [-0.15, -0.1) is 0 Å². The van der Waals surface area contributed by atoms with Crippen LogP contribution in [0.25, 0.3) is 11.4 Å². The summed E-state index contributed by atoms with van der Waals surface area (Å²) in [4.78, 5) is 19.9. The molecule has 0 aliphatic carbocycles. The Morgan fingerprint density at radius 1 is 1.30 bits per heavy atom. The molecule has 6 N–H and O–H groups in total. The zero-order chi connectivity index (χ0) is 24.3. The predicted octanol–water partition coefficient (Wildman–Crippen LogP) is 1.32. The Balaban J connectivity index is 1.97. The van der Waals surface area contributed by atoms with Gasteiger partial charge >= 0.3 is 0 Å². The molecule has 1 aromatic heterocycles. The summed E-state index contributed by atoms with van der Waals surface area (Å²) < 4.78 is 11.8. The SMILES string of the molecule is CCCOc1ccc(NC2OC(C(O)CO)C(O)C2O)cc1-c1nc(C(C)C)c(Br)c(=O)[nH]1. The van der Waals surface area contributed by atoms with Gasteiger partial charge in [-0.25, -0.2) is 4.98 Å². The summed E-state index contributed by atoms with van der Waals surface area (Å²) in [6, 6.07) is 5.11. The highest BCUT2D eigenvalue weighted by Gasteiger charge is 2.45. The minimum absolute atomic E-state index is 0.000141. The number of aromatic amines is 1. The van der Waals surface area contributed by atoms with E-state index in [0.29, 0.717) is 39.6 Å². The van der Waals surface area contributed by atoms with Gasteiger partial charge in [-0.1, -0.05) is 20.8 Å². The van der Waals surface area contributed by atoms with Crippen LogP contribution < -0.4 is 15.6 Å². The molecule has 2 heterocycles. The minimum Gasteiger partial charge on any atom is -0.493 e. The van der Waals surface area contributed by atoms with E-state index in [1.807, 2.05) is 20.8 Å². The molecule has 1 fully saturated rings. The molecule has 0 saturated carbocycles. The van der Waals surface area contributed by atoms with E-state index >= 15 is 0 Å². The lowest BCUT2D eigenvalue weighted by atomic mass is 10.1. The van der Waals surface area contributed by atoms with E-state index in [1.54, 1.807) is 18.2 Å². The summed E-state index contributed by atoms with van der Waals surface area (Å²) in [6.07, 6.45) is -5.46. The summed E-state index contributed by atoms with van der Waals surface area (Å²) in [6.45, 7) is 5.70. The Hall–Kier alpha value is -2.02. The fourth-order valence-electron chi connectivity index (χ4n) is 3.54. The van der Waals surface area contributed by atoms with E-state index in [2.05, 4.69) is 31.2 Å². The zero-order valence-electron chi connectivity index (χ0n) is 18.7. The topological polar surface area (TPSA) is 157 Å². The maximum Gasteiger partial charge on any atom is 0.265 e. The smallest absolute Gasteiger partial charge is 0.265 e. The lowest BCUT2D eigenvalue weighted by Crippen LogP contribution is -2.40. The van der Waals surface area contributed by atoms with Gasteiger partial charge in [0, 0.05) is 5.69 Å². The van der Waals surface area contributed by atoms with Gasteiger partial charge in [-0.3, -0.25) is 4.79 Å². The highest BCUT2D eigenvalue weighted by Crippen LogP contribution is 2.33. The molecule has 1 aliphatic rings. The molecule has 1 aliphatic heterocycles. The first kappa shape index (κ1) is 25.6. The van der Waals surface area contributed by atoms with Crippen molar-refractivity contribution in [3.8, 4) is 17.1 Å². The highest BCUT2D eigenvalue weighted by molar-refractivity contribution is 9.10. The fraction of sp³-hybridized carbons (Fsp3) is 0.545. The molecule has 5 atom stereocenters. The molecule has 0 amide bonds. The van der Waals surface area contributed by atoms with Crippen LogP contribution in [0.5, 0.6) is 5.75 Å². The molecule has 11 heteroatoms. The van der Waals surface area contributed by atoms with E-state index in [0.717, 1.165) is 6.42 Å². The second kappa shape index (κ2) is 10.9. The minimum atomic E-state index is -1.38. The monoisotopic (exact) mass is 527 g/mol. The molecule has 5 unspecified atom stereocenters. The molecule has 0 radical (unpaired) electrons. The largest absolute Gasteiger partial charge is 0.493 e.